The minimum absolute atomic E-state index is 0.181. The molecule has 1 aliphatic rings. The molecule has 230 valence electrons. The monoisotopic (exact) mass is 611 g/mol. The molecule has 0 N–H and O–H groups in total. The Morgan fingerprint density at radius 2 is 1.27 bits per heavy atom. The highest BCUT2D eigenvalue weighted by atomic mass is 16.7. The van der Waals surface area contributed by atoms with Crippen LogP contribution >= 0.6 is 0 Å². The van der Waals surface area contributed by atoms with E-state index in [-0.39, 0.29) is 22.3 Å². The van der Waals surface area contributed by atoms with Crippen LogP contribution in [0.2, 0.25) is 0 Å². The molecule has 0 bridgehead atoms. The van der Waals surface area contributed by atoms with Gasteiger partial charge in [-0.25, -0.2) is 19.2 Å². The molecule has 1 fully saturated rings. The van der Waals surface area contributed by atoms with Crippen LogP contribution in [0.25, 0.3) is 0 Å². The van der Waals surface area contributed by atoms with E-state index in [2.05, 4.69) is 0 Å². The molecule has 11 heteroatoms. The average molecular weight is 612 g/mol. The second kappa shape index (κ2) is 13.4. The topological polar surface area (TPSA) is 136 Å². The Morgan fingerprint density at radius 1 is 0.733 bits per heavy atom. The van der Waals surface area contributed by atoms with E-state index < -0.39 is 60.1 Å². The van der Waals surface area contributed by atoms with Crippen LogP contribution in [0.3, 0.4) is 0 Å². The Bertz CT molecular complexity index is 1740. The molecule has 1 aromatic heterocycles. The predicted molar refractivity (Wildman–Crippen MR) is 159 cm³/mol. The third-order valence-electron chi connectivity index (χ3n) is 7.28. The van der Waals surface area contributed by atoms with E-state index in [1.165, 1.54) is 49.5 Å². The van der Waals surface area contributed by atoms with Crippen molar-refractivity contribution in [2.75, 3.05) is 13.7 Å². The van der Waals surface area contributed by atoms with Crippen molar-refractivity contribution in [3.8, 4) is 0 Å². The van der Waals surface area contributed by atoms with E-state index in [4.69, 9.17) is 23.7 Å². The number of hydrogen-bond acceptors (Lipinski definition) is 10. The van der Waals surface area contributed by atoms with Crippen LogP contribution in [-0.2, 0) is 23.7 Å². The molecule has 1 aliphatic heterocycles. The minimum Gasteiger partial charge on any atom is -0.465 e. The second-order valence-corrected chi connectivity index (χ2v) is 10.2. The van der Waals surface area contributed by atoms with E-state index in [1.54, 1.807) is 66.7 Å². The largest absolute Gasteiger partial charge is 0.465 e. The van der Waals surface area contributed by atoms with Crippen LogP contribution in [0, 0.1) is 0 Å². The summed E-state index contributed by atoms with van der Waals surface area (Å²) in [6, 6.07) is 27.1. The standard InChI is InChI=1S/C34H29NO10/c1-34(45-31(39)24-17-10-5-11-18-24)27(44-30(38)23-15-8-4-9-16-23)26(21-42-29(37)22-13-6-3-7-14-22)43-33(34)35-20-12-19-25(28(35)36)32(40)41-2/h3-20,26-27,33H,21H2,1-2H3/t26-,27?,33-,34?/m1/s1. The van der Waals surface area contributed by atoms with Gasteiger partial charge in [0.25, 0.3) is 5.56 Å². The van der Waals surface area contributed by atoms with Crippen LogP contribution < -0.4 is 5.56 Å². The number of ether oxygens (including phenoxy) is 5. The lowest BCUT2D eigenvalue weighted by molar-refractivity contribution is -0.111. The smallest absolute Gasteiger partial charge is 0.343 e. The number of carbonyl (C=O) groups is 4. The molecule has 0 radical (unpaired) electrons. The maximum atomic E-state index is 13.6. The SMILES string of the molecule is COC(=O)c1cccn([C@@H]2O[C@H](COC(=O)c3ccccc3)C(OC(=O)c3ccccc3)C2(C)OC(=O)c2ccccc2)c1=O. The molecule has 3 aromatic carbocycles. The predicted octanol–water partition coefficient (Wildman–Crippen LogP) is 4.23. The van der Waals surface area contributed by atoms with E-state index >= 15 is 0 Å². The van der Waals surface area contributed by atoms with E-state index in [1.807, 2.05) is 0 Å². The van der Waals surface area contributed by atoms with Gasteiger partial charge < -0.3 is 23.7 Å². The zero-order valence-corrected chi connectivity index (χ0v) is 24.4. The Kier molecular flexibility index (Phi) is 9.20. The lowest BCUT2D eigenvalue weighted by Crippen LogP contribution is -2.51. The molecule has 45 heavy (non-hydrogen) atoms. The third kappa shape index (κ3) is 6.53. The van der Waals surface area contributed by atoms with Gasteiger partial charge >= 0.3 is 23.9 Å². The van der Waals surface area contributed by atoms with Gasteiger partial charge in [0.05, 0.1) is 23.8 Å². The molecule has 1 saturated heterocycles. The Labute approximate surface area is 257 Å². The summed E-state index contributed by atoms with van der Waals surface area (Å²) in [4.78, 5) is 65.7. The summed E-state index contributed by atoms with van der Waals surface area (Å²) in [6.07, 6.45) is -2.74. The fraction of sp³-hybridized carbons (Fsp3) is 0.206. The number of nitrogens with zero attached hydrogens (tertiary/aromatic N) is 1. The molecule has 0 spiro atoms. The Hall–Kier alpha value is -5.55. The van der Waals surface area contributed by atoms with Crippen molar-refractivity contribution in [2.45, 2.75) is 31.0 Å². The first-order chi connectivity index (χ1) is 21.7. The number of aromatic nitrogens is 1. The molecule has 4 aromatic rings. The fourth-order valence-electron chi connectivity index (χ4n) is 5.02. The highest BCUT2D eigenvalue weighted by molar-refractivity contribution is 5.91. The number of rotatable bonds is 9. The van der Waals surface area contributed by atoms with Gasteiger partial charge in [0.1, 0.15) is 18.3 Å². The Morgan fingerprint density at radius 3 is 1.82 bits per heavy atom. The summed E-state index contributed by atoms with van der Waals surface area (Å²) in [6.45, 7) is 0.999. The van der Waals surface area contributed by atoms with Gasteiger partial charge in [-0.1, -0.05) is 54.6 Å². The van der Waals surface area contributed by atoms with Crippen molar-refractivity contribution >= 4 is 23.9 Å². The van der Waals surface area contributed by atoms with Crippen molar-refractivity contribution in [3.05, 3.63) is 142 Å². The van der Waals surface area contributed by atoms with Crippen molar-refractivity contribution in [1.29, 1.82) is 0 Å². The molecule has 4 atom stereocenters. The maximum Gasteiger partial charge on any atom is 0.343 e. The van der Waals surface area contributed by atoms with Crippen molar-refractivity contribution in [2.24, 2.45) is 0 Å². The van der Waals surface area contributed by atoms with Crippen LogP contribution in [0.5, 0.6) is 0 Å². The number of pyridine rings is 1. The highest BCUT2D eigenvalue weighted by Crippen LogP contribution is 2.43. The summed E-state index contributed by atoms with van der Waals surface area (Å²) in [7, 11) is 1.13. The first kappa shape index (κ1) is 30.9. The number of benzene rings is 3. The number of carbonyl (C=O) groups excluding carboxylic acids is 4. The van der Waals surface area contributed by atoms with Crippen LogP contribution in [0.1, 0.15) is 54.6 Å². The average Bonchev–Trinajstić information content (AvgIpc) is 3.34. The van der Waals surface area contributed by atoms with Crippen molar-refractivity contribution < 1.29 is 42.9 Å². The highest BCUT2D eigenvalue weighted by Gasteiger charge is 2.60. The van der Waals surface area contributed by atoms with Gasteiger partial charge in [-0.2, -0.15) is 0 Å². The molecule has 0 amide bonds. The molecule has 2 unspecified atom stereocenters. The second-order valence-electron chi connectivity index (χ2n) is 10.2. The minimum atomic E-state index is -1.89. The molecular weight excluding hydrogens is 582 g/mol. The summed E-state index contributed by atoms with van der Waals surface area (Å²) in [5.41, 5.74) is -2.36. The molecule has 11 nitrogen and oxygen atoms in total. The summed E-state index contributed by atoms with van der Waals surface area (Å²) in [5.74, 6) is -3.15. The molecule has 0 saturated carbocycles. The maximum absolute atomic E-state index is 13.6. The van der Waals surface area contributed by atoms with Crippen molar-refractivity contribution in [1.82, 2.24) is 4.57 Å². The fourth-order valence-corrected chi connectivity index (χ4v) is 5.02. The quantitative estimate of drug-likeness (QED) is 0.200. The Balaban J connectivity index is 1.58. The first-order valence-corrected chi connectivity index (χ1v) is 13.9. The third-order valence-corrected chi connectivity index (χ3v) is 7.28. The number of hydrogen-bond donors (Lipinski definition) is 0. The normalized spacial score (nSPS) is 20.5. The van der Waals surface area contributed by atoms with Gasteiger partial charge in [0.2, 0.25) is 0 Å². The lowest BCUT2D eigenvalue weighted by Gasteiger charge is -2.35. The summed E-state index contributed by atoms with van der Waals surface area (Å²) in [5, 5.41) is 0. The van der Waals surface area contributed by atoms with Crippen LogP contribution in [-0.4, -0.2) is 60.0 Å². The zero-order chi connectivity index (χ0) is 32.0. The molecule has 0 aliphatic carbocycles. The summed E-state index contributed by atoms with van der Waals surface area (Å²) >= 11 is 0. The molecule has 5 rings (SSSR count). The van der Waals surface area contributed by atoms with E-state index in [0.29, 0.717) is 0 Å². The van der Waals surface area contributed by atoms with Gasteiger partial charge in [0.15, 0.2) is 17.9 Å². The van der Waals surface area contributed by atoms with Crippen LogP contribution in [0.4, 0.5) is 0 Å². The van der Waals surface area contributed by atoms with E-state index in [9.17, 15) is 24.0 Å². The molecular formula is C34H29NO10. The lowest BCUT2D eigenvalue weighted by atomic mass is 9.95. The first-order valence-electron chi connectivity index (χ1n) is 13.9. The summed E-state index contributed by atoms with van der Waals surface area (Å²) < 4.78 is 29.6. The zero-order valence-electron chi connectivity index (χ0n) is 24.4. The van der Waals surface area contributed by atoms with Crippen molar-refractivity contribution in [3.63, 3.8) is 0 Å². The van der Waals surface area contributed by atoms with Crippen LogP contribution in [0.15, 0.2) is 114 Å². The number of methoxy groups -OCH3 is 1. The van der Waals surface area contributed by atoms with Gasteiger partial charge in [0, 0.05) is 6.20 Å². The number of esters is 4. The van der Waals surface area contributed by atoms with Gasteiger partial charge in [-0.15, -0.1) is 0 Å². The molecule has 2 heterocycles. The van der Waals surface area contributed by atoms with E-state index in [0.717, 1.165) is 11.7 Å². The van der Waals surface area contributed by atoms with Gasteiger partial charge in [-0.05, 0) is 55.5 Å². The van der Waals surface area contributed by atoms with Gasteiger partial charge in [-0.3, -0.25) is 9.36 Å².